The fourth-order valence-corrected chi connectivity index (χ4v) is 2.31. The van der Waals surface area contributed by atoms with Gasteiger partial charge in [-0.3, -0.25) is 4.79 Å². The largest absolute Gasteiger partial charge is 0.483 e. The lowest BCUT2D eigenvalue weighted by Gasteiger charge is -2.29. The van der Waals surface area contributed by atoms with Gasteiger partial charge < -0.3 is 14.7 Å². The Bertz CT molecular complexity index is 416. The molecule has 18 heavy (non-hydrogen) atoms. The molecule has 4 nitrogen and oxygen atoms in total. The van der Waals surface area contributed by atoms with Crippen LogP contribution in [0.2, 0.25) is 0 Å². The van der Waals surface area contributed by atoms with Gasteiger partial charge in [0.2, 0.25) is 0 Å². The third-order valence-electron chi connectivity index (χ3n) is 3.00. The highest BCUT2D eigenvalue weighted by atomic mass is 79.9. The van der Waals surface area contributed by atoms with Crippen molar-refractivity contribution in [3.63, 3.8) is 0 Å². The molecule has 0 atom stereocenters. The molecule has 2 rings (SSSR count). The van der Waals surface area contributed by atoms with Crippen LogP contribution in [0.15, 0.2) is 28.7 Å². The minimum atomic E-state index is -0.266. The Morgan fingerprint density at radius 2 is 2.06 bits per heavy atom. The van der Waals surface area contributed by atoms with E-state index in [9.17, 15) is 9.90 Å². The maximum absolute atomic E-state index is 11.9. The van der Waals surface area contributed by atoms with Gasteiger partial charge in [0.15, 0.2) is 6.61 Å². The predicted octanol–water partition coefficient (Wildman–Crippen LogP) is 1.81. The van der Waals surface area contributed by atoms with Crippen molar-refractivity contribution in [2.24, 2.45) is 0 Å². The van der Waals surface area contributed by atoms with Crippen LogP contribution in [0.4, 0.5) is 0 Å². The first-order valence-electron chi connectivity index (χ1n) is 6.00. The summed E-state index contributed by atoms with van der Waals surface area (Å²) in [6.07, 6.45) is 1.04. The monoisotopic (exact) mass is 313 g/mol. The Morgan fingerprint density at radius 1 is 1.39 bits per heavy atom. The van der Waals surface area contributed by atoms with E-state index in [0.717, 1.165) is 4.47 Å². The Balaban J connectivity index is 1.83. The molecule has 1 amide bonds. The summed E-state index contributed by atoms with van der Waals surface area (Å²) >= 11 is 3.37. The summed E-state index contributed by atoms with van der Waals surface area (Å²) in [5.41, 5.74) is 0. The maximum atomic E-state index is 11.9. The smallest absolute Gasteiger partial charge is 0.260 e. The second kappa shape index (κ2) is 6.20. The zero-order valence-corrected chi connectivity index (χ0v) is 11.6. The SMILES string of the molecule is O=C(COc1ccccc1Br)N1CCC(O)CC1. The summed E-state index contributed by atoms with van der Waals surface area (Å²) in [7, 11) is 0. The van der Waals surface area contributed by atoms with Crippen molar-refractivity contribution >= 4 is 21.8 Å². The molecule has 1 aliphatic heterocycles. The number of hydrogen-bond acceptors (Lipinski definition) is 3. The molecule has 1 heterocycles. The maximum Gasteiger partial charge on any atom is 0.260 e. The van der Waals surface area contributed by atoms with Crippen LogP contribution in [0.5, 0.6) is 5.75 Å². The van der Waals surface area contributed by atoms with Gasteiger partial charge in [0.25, 0.3) is 5.91 Å². The second-order valence-electron chi connectivity index (χ2n) is 4.33. The summed E-state index contributed by atoms with van der Waals surface area (Å²) in [4.78, 5) is 13.6. The van der Waals surface area contributed by atoms with Gasteiger partial charge in [-0.15, -0.1) is 0 Å². The molecule has 1 aromatic carbocycles. The molecule has 1 aliphatic rings. The van der Waals surface area contributed by atoms with Gasteiger partial charge in [-0.2, -0.15) is 0 Å². The van der Waals surface area contributed by atoms with E-state index >= 15 is 0 Å². The van der Waals surface area contributed by atoms with Crippen molar-refractivity contribution in [2.75, 3.05) is 19.7 Å². The first-order chi connectivity index (χ1) is 8.66. The molecule has 5 heteroatoms. The molecule has 0 radical (unpaired) electrons. The van der Waals surface area contributed by atoms with Crippen LogP contribution < -0.4 is 4.74 Å². The number of carbonyl (C=O) groups excluding carboxylic acids is 1. The van der Waals surface area contributed by atoms with Crippen LogP contribution in [-0.2, 0) is 4.79 Å². The third-order valence-corrected chi connectivity index (χ3v) is 3.66. The molecular weight excluding hydrogens is 298 g/mol. The predicted molar refractivity (Wildman–Crippen MR) is 71.5 cm³/mol. The molecule has 98 valence electrons. The summed E-state index contributed by atoms with van der Waals surface area (Å²) in [6, 6.07) is 7.45. The normalized spacial score (nSPS) is 16.7. The second-order valence-corrected chi connectivity index (χ2v) is 5.19. The summed E-state index contributed by atoms with van der Waals surface area (Å²) in [5, 5.41) is 9.38. The lowest BCUT2D eigenvalue weighted by Crippen LogP contribution is -2.42. The fourth-order valence-electron chi connectivity index (χ4n) is 1.91. The van der Waals surface area contributed by atoms with Crippen LogP contribution in [-0.4, -0.2) is 41.7 Å². The highest BCUT2D eigenvalue weighted by Crippen LogP contribution is 2.23. The molecule has 0 aliphatic carbocycles. The number of ether oxygens (including phenoxy) is 1. The number of aliphatic hydroxyl groups excluding tert-OH is 1. The molecule has 0 unspecified atom stereocenters. The zero-order valence-electron chi connectivity index (χ0n) is 10.0. The van der Waals surface area contributed by atoms with Crippen molar-refractivity contribution < 1.29 is 14.6 Å². The number of carbonyl (C=O) groups is 1. The van der Waals surface area contributed by atoms with Gasteiger partial charge in [0.05, 0.1) is 10.6 Å². The highest BCUT2D eigenvalue weighted by Gasteiger charge is 2.21. The lowest BCUT2D eigenvalue weighted by molar-refractivity contribution is -0.135. The van der Waals surface area contributed by atoms with Gasteiger partial charge in [0, 0.05) is 13.1 Å². The Kier molecular flexibility index (Phi) is 4.60. The fraction of sp³-hybridized carbons (Fsp3) is 0.462. The van der Waals surface area contributed by atoms with Crippen LogP contribution in [0, 0.1) is 0 Å². The quantitative estimate of drug-likeness (QED) is 0.926. The number of hydrogen-bond donors (Lipinski definition) is 1. The number of benzene rings is 1. The van der Waals surface area contributed by atoms with Gasteiger partial charge in [-0.25, -0.2) is 0 Å². The van der Waals surface area contributed by atoms with E-state index in [1.807, 2.05) is 24.3 Å². The van der Waals surface area contributed by atoms with Gasteiger partial charge >= 0.3 is 0 Å². The van der Waals surface area contributed by atoms with Gasteiger partial charge in [-0.05, 0) is 40.9 Å². The van der Waals surface area contributed by atoms with E-state index in [1.165, 1.54) is 0 Å². The summed E-state index contributed by atoms with van der Waals surface area (Å²) in [6.45, 7) is 1.26. The Hall–Kier alpha value is -1.07. The average molecular weight is 314 g/mol. The van der Waals surface area contributed by atoms with Gasteiger partial charge in [-0.1, -0.05) is 12.1 Å². The summed E-state index contributed by atoms with van der Waals surface area (Å²) < 4.78 is 6.32. The number of halogens is 1. The minimum absolute atomic E-state index is 0.0300. The van der Waals surface area contributed by atoms with Crippen LogP contribution in [0.1, 0.15) is 12.8 Å². The van der Waals surface area contributed by atoms with E-state index in [1.54, 1.807) is 4.90 Å². The average Bonchev–Trinajstić information content (AvgIpc) is 2.38. The topological polar surface area (TPSA) is 49.8 Å². The first kappa shape index (κ1) is 13.4. The number of amides is 1. The van der Waals surface area contributed by atoms with Gasteiger partial charge in [0.1, 0.15) is 5.75 Å². The number of aliphatic hydroxyl groups is 1. The highest BCUT2D eigenvalue weighted by molar-refractivity contribution is 9.10. The summed E-state index contributed by atoms with van der Waals surface area (Å²) in [5.74, 6) is 0.639. The molecule has 0 aromatic heterocycles. The van der Waals surface area contributed by atoms with Crippen molar-refractivity contribution in [3.05, 3.63) is 28.7 Å². The molecule has 1 aromatic rings. The number of piperidine rings is 1. The molecule has 1 fully saturated rings. The standard InChI is InChI=1S/C13H16BrNO3/c14-11-3-1-2-4-12(11)18-9-13(17)15-7-5-10(16)6-8-15/h1-4,10,16H,5-9H2. The minimum Gasteiger partial charge on any atom is -0.483 e. The Morgan fingerprint density at radius 3 is 2.72 bits per heavy atom. The van der Waals surface area contributed by atoms with E-state index in [2.05, 4.69) is 15.9 Å². The molecule has 1 saturated heterocycles. The first-order valence-corrected chi connectivity index (χ1v) is 6.79. The van der Waals surface area contributed by atoms with Crippen LogP contribution >= 0.6 is 15.9 Å². The molecule has 0 bridgehead atoms. The third kappa shape index (κ3) is 3.46. The molecule has 1 N–H and O–H groups in total. The van der Waals surface area contributed by atoms with Crippen LogP contribution in [0.25, 0.3) is 0 Å². The Labute approximate surface area is 115 Å². The van der Waals surface area contributed by atoms with Crippen molar-refractivity contribution in [1.82, 2.24) is 4.90 Å². The van der Waals surface area contributed by atoms with Crippen molar-refractivity contribution in [3.8, 4) is 5.75 Å². The van der Waals surface area contributed by atoms with Crippen molar-refractivity contribution in [2.45, 2.75) is 18.9 Å². The number of likely N-dealkylation sites (tertiary alicyclic amines) is 1. The number of para-hydroxylation sites is 1. The van der Waals surface area contributed by atoms with Crippen molar-refractivity contribution in [1.29, 1.82) is 0 Å². The molecule has 0 spiro atoms. The van der Waals surface area contributed by atoms with E-state index < -0.39 is 0 Å². The van der Waals surface area contributed by atoms with Crippen LogP contribution in [0.3, 0.4) is 0 Å². The van der Waals surface area contributed by atoms with E-state index in [4.69, 9.17) is 4.74 Å². The number of rotatable bonds is 3. The van der Waals surface area contributed by atoms with E-state index in [0.29, 0.717) is 31.7 Å². The van der Waals surface area contributed by atoms with E-state index in [-0.39, 0.29) is 18.6 Å². The number of nitrogens with zero attached hydrogens (tertiary/aromatic N) is 1. The molecule has 0 saturated carbocycles. The lowest BCUT2D eigenvalue weighted by atomic mass is 10.1. The zero-order chi connectivity index (χ0) is 13.0. The molecular formula is C13H16BrNO3.